The molecule has 0 aliphatic heterocycles. The van der Waals surface area contributed by atoms with Gasteiger partial charge in [-0.2, -0.15) is 0 Å². The molecule has 1 fully saturated rings. The number of nitrogens with one attached hydrogen (secondary N) is 1. The number of anilines is 2. The molecular weight excluding hydrogens is 326 g/mol. The fraction of sp³-hybridized carbons (Fsp3) is 0.350. The normalized spacial score (nSPS) is 23.1. The van der Waals surface area contributed by atoms with E-state index >= 15 is 0 Å². The zero-order valence-corrected chi connectivity index (χ0v) is 14.9. The van der Waals surface area contributed by atoms with Crippen LogP contribution in [-0.4, -0.2) is 20.1 Å². The van der Waals surface area contributed by atoms with Crippen molar-refractivity contribution in [3.63, 3.8) is 0 Å². The van der Waals surface area contributed by atoms with Crippen LogP contribution >= 0.6 is 0 Å². The van der Waals surface area contributed by atoms with E-state index < -0.39 is 0 Å². The molecule has 26 heavy (non-hydrogen) atoms. The Balaban J connectivity index is 1.82. The first-order valence-electron chi connectivity index (χ1n) is 9.01. The standard InChI is InChI=1S/C20H23N5O/c1-20(21)10-8-15(9-11-20)25-18(26)16-6-2-3-7-17(16)24-19(25)23-14-5-4-12-22-13-14/h2-7,12-13,15H,8-11,21H2,1H3,(H,23,24)/t15-,20+. The van der Waals surface area contributed by atoms with Crippen LogP contribution in [0, 0.1) is 0 Å². The summed E-state index contributed by atoms with van der Waals surface area (Å²) in [5.41, 5.74) is 7.63. The van der Waals surface area contributed by atoms with Crippen molar-refractivity contribution < 1.29 is 0 Å². The lowest BCUT2D eigenvalue weighted by molar-refractivity contribution is 0.250. The van der Waals surface area contributed by atoms with Crippen LogP contribution in [-0.2, 0) is 0 Å². The highest BCUT2D eigenvalue weighted by Gasteiger charge is 2.30. The predicted molar refractivity (Wildman–Crippen MR) is 104 cm³/mol. The first kappa shape index (κ1) is 16.7. The van der Waals surface area contributed by atoms with Gasteiger partial charge in [0.05, 0.1) is 22.8 Å². The van der Waals surface area contributed by atoms with Crippen molar-refractivity contribution in [1.82, 2.24) is 14.5 Å². The molecule has 6 nitrogen and oxygen atoms in total. The van der Waals surface area contributed by atoms with Crippen LogP contribution in [0.5, 0.6) is 0 Å². The SMILES string of the molecule is C[C@]1(N)CC[C@@H](n2c(Nc3cccnc3)nc3ccccc3c2=O)CC1. The van der Waals surface area contributed by atoms with Crippen LogP contribution in [0.3, 0.4) is 0 Å². The molecule has 0 amide bonds. The number of aromatic nitrogens is 3. The lowest BCUT2D eigenvalue weighted by Crippen LogP contribution is -2.42. The Morgan fingerprint density at radius 2 is 1.96 bits per heavy atom. The average molecular weight is 349 g/mol. The second kappa shape index (κ2) is 6.53. The number of hydrogen-bond donors (Lipinski definition) is 2. The van der Waals surface area contributed by atoms with Crippen LogP contribution in [0.2, 0.25) is 0 Å². The van der Waals surface area contributed by atoms with Crippen LogP contribution in [0.1, 0.15) is 38.6 Å². The lowest BCUT2D eigenvalue weighted by atomic mass is 9.81. The van der Waals surface area contributed by atoms with Gasteiger partial charge in [-0.25, -0.2) is 4.98 Å². The van der Waals surface area contributed by atoms with E-state index in [1.807, 2.05) is 41.0 Å². The molecule has 0 radical (unpaired) electrons. The molecule has 2 aromatic heterocycles. The summed E-state index contributed by atoms with van der Waals surface area (Å²) in [7, 11) is 0. The van der Waals surface area contributed by atoms with Gasteiger partial charge in [0.15, 0.2) is 0 Å². The van der Waals surface area contributed by atoms with Gasteiger partial charge in [-0.05, 0) is 56.9 Å². The summed E-state index contributed by atoms with van der Waals surface area (Å²) in [4.78, 5) is 22.1. The zero-order chi connectivity index (χ0) is 18.1. The predicted octanol–water partition coefficient (Wildman–Crippen LogP) is 3.37. The molecule has 3 aromatic rings. The second-order valence-corrected chi connectivity index (χ2v) is 7.38. The fourth-order valence-electron chi connectivity index (χ4n) is 3.66. The van der Waals surface area contributed by atoms with Crippen molar-refractivity contribution in [2.75, 3.05) is 5.32 Å². The molecule has 2 heterocycles. The minimum atomic E-state index is -0.151. The van der Waals surface area contributed by atoms with Gasteiger partial charge in [0.25, 0.3) is 5.56 Å². The molecule has 0 unspecified atom stereocenters. The van der Waals surface area contributed by atoms with E-state index in [2.05, 4.69) is 17.2 Å². The molecule has 6 heteroatoms. The fourth-order valence-corrected chi connectivity index (χ4v) is 3.66. The summed E-state index contributed by atoms with van der Waals surface area (Å²) in [5.74, 6) is 0.562. The van der Waals surface area contributed by atoms with E-state index in [4.69, 9.17) is 10.7 Å². The third-order valence-corrected chi connectivity index (χ3v) is 5.19. The van der Waals surface area contributed by atoms with Gasteiger partial charge in [0, 0.05) is 17.8 Å². The average Bonchev–Trinajstić information content (AvgIpc) is 2.64. The molecule has 0 spiro atoms. The van der Waals surface area contributed by atoms with E-state index in [9.17, 15) is 4.79 Å². The largest absolute Gasteiger partial charge is 0.325 e. The monoisotopic (exact) mass is 349 g/mol. The van der Waals surface area contributed by atoms with E-state index in [-0.39, 0.29) is 17.1 Å². The Morgan fingerprint density at radius 3 is 2.69 bits per heavy atom. The summed E-state index contributed by atoms with van der Waals surface area (Å²) < 4.78 is 1.81. The molecular formula is C20H23N5O. The zero-order valence-electron chi connectivity index (χ0n) is 14.9. The molecule has 4 rings (SSSR count). The first-order chi connectivity index (χ1) is 12.5. The number of benzene rings is 1. The van der Waals surface area contributed by atoms with Crippen molar-refractivity contribution in [2.24, 2.45) is 5.73 Å². The number of hydrogen-bond acceptors (Lipinski definition) is 5. The van der Waals surface area contributed by atoms with Gasteiger partial charge in [-0.1, -0.05) is 12.1 Å². The van der Waals surface area contributed by atoms with E-state index in [1.165, 1.54) is 0 Å². The maximum Gasteiger partial charge on any atom is 0.263 e. The van der Waals surface area contributed by atoms with E-state index in [0.717, 1.165) is 31.4 Å². The molecule has 3 N–H and O–H groups in total. The quantitative estimate of drug-likeness (QED) is 0.757. The highest BCUT2D eigenvalue weighted by Crippen LogP contribution is 2.34. The number of fused-ring (bicyclic) bond motifs is 1. The molecule has 1 saturated carbocycles. The number of nitrogens with two attached hydrogens (primary N) is 1. The molecule has 1 aliphatic rings. The Kier molecular flexibility index (Phi) is 4.20. The van der Waals surface area contributed by atoms with Crippen LogP contribution in [0.4, 0.5) is 11.6 Å². The second-order valence-electron chi connectivity index (χ2n) is 7.38. The smallest absolute Gasteiger partial charge is 0.263 e. The molecule has 0 saturated heterocycles. The molecule has 0 bridgehead atoms. The summed E-state index contributed by atoms with van der Waals surface area (Å²) in [6.45, 7) is 2.08. The van der Waals surface area contributed by atoms with Crippen LogP contribution in [0.25, 0.3) is 10.9 Å². The Labute approximate surface area is 152 Å². The Hall–Kier alpha value is -2.73. The van der Waals surface area contributed by atoms with Gasteiger partial charge < -0.3 is 11.1 Å². The summed E-state index contributed by atoms with van der Waals surface area (Å²) in [6, 6.07) is 11.3. The maximum atomic E-state index is 13.2. The number of para-hydroxylation sites is 1. The first-order valence-corrected chi connectivity index (χ1v) is 9.01. The third-order valence-electron chi connectivity index (χ3n) is 5.19. The summed E-state index contributed by atoms with van der Waals surface area (Å²) in [6.07, 6.45) is 6.97. The number of nitrogens with zero attached hydrogens (tertiary/aromatic N) is 3. The van der Waals surface area contributed by atoms with Crippen molar-refractivity contribution in [1.29, 1.82) is 0 Å². The minimum Gasteiger partial charge on any atom is -0.325 e. The van der Waals surface area contributed by atoms with Crippen LogP contribution < -0.4 is 16.6 Å². The number of pyridine rings is 1. The Bertz CT molecular complexity index is 970. The molecule has 1 aliphatic carbocycles. The number of rotatable bonds is 3. The molecule has 1 aromatic carbocycles. The Morgan fingerprint density at radius 1 is 1.19 bits per heavy atom. The van der Waals surface area contributed by atoms with Gasteiger partial charge in [-0.15, -0.1) is 0 Å². The lowest BCUT2D eigenvalue weighted by Gasteiger charge is -2.35. The van der Waals surface area contributed by atoms with Gasteiger partial charge in [0.2, 0.25) is 5.95 Å². The molecule has 0 atom stereocenters. The van der Waals surface area contributed by atoms with Gasteiger partial charge in [-0.3, -0.25) is 14.3 Å². The van der Waals surface area contributed by atoms with Crippen molar-refractivity contribution >= 4 is 22.5 Å². The molecule has 134 valence electrons. The van der Waals surface area contributed by atoms with Crippen LogP contribution in [0.15, 0.2) is 53.6 Å². The van der Waals surface area contributed by atoms with Crippen molar-refractivity contribution in [3.8, 4) is 0 Å². The van der Waals surface area contributed by atoms with Gasteiger partial charge in [0.1, 0.15) is 0 Å². The highest BCUT2D eigenvalue weighted by molar-refractivity contribution is 5.79. The highest BCUT2D eigenvalue weighted by atomic mass is 16.1. The van der Waals surface area contributed by atoms with Crippen molar-refractivity contribution in [2.45, 2.75) is 44.2 Å². The van der Waals surface area contributed by atoms with E-state index in [0.29, 0.717) is 16.9 Å². The topological polar surface area (TPSA) is 85.8 Å². The third kappa shape index (κ3) is 3.20. The summed E-state index contributed by atoms with van der Waals surface area (Å²) >= 11 is 0. The van der Waals surface area contributed by atoms with Gasteiger partial charge >= 0.3 is 0 Å². The van der Waals surface area contributed by atoms with E-state index in [1.54, 1.807) is 12.4 Å². The van der Waals surface area contributed by atoms with Crippen molar-refractivity contribution in [3.05, 3.63) is 59.1 Å². The minimum absolute atomic E-state index is 0.00684. The maximum absolute atomic E-state index is 13.2. The summed E-state index contributed by atoms with van der Waals surface area (Å²) in [5, 5.41) is 3.93.